The number of amidine groups is 1. The van der Waals surface area contributed by atoms with Crippen LogP contribution in [0, 0.1) is 0 Å². The van der Waals surface area contributed by atoms with Crippen LogP contribution in [0.2, 0.25) is 0 Å². The van der Waals surface area contributed by atoms with Gasteiger partial charge in [0.15, 0.2) is 6.61 Å². The van der Waals surface area contributed by atoms with Gasteiger partial charge in [-0.25, -0.2) is 14.8 Å². The summed E-state index contributed by atoms with van der Waals surface area (Å²) in [6, 6.07) is 8.55. The molecule has 9 heteroatoms. The normalized spacial score (nSPS) is 11.6. The Morgan fingerprint density at radius 3 is 2.40 bits per heavy atom. The van der Waals surface area contributed by atoms with Crippen LogP contribution in [-0.4, -0.2) is 48.7 Å². The molecule has 0 heterocycles. The van der Waals surface area contributed by atoms with Crippen molar-refractivity contribution in [2.75, 3.05) is 13.2 Å². The molecule has 1 amide bonds. The van der Waals surface area contributed by atoms with Gasteiger partial charge in [-0.1, -0.05) is 36.9 Å². The fourth-order valence-electron chi connectivity index (χ4n) is 1.75. The number of amides is 1. The summed E-state index contributed by atoms with van der Waals surface area (Å²) >= 11 is 0. The molecule has 0 aliphatic rings. The van der Waals surface area contributed by atoms with Crippen LogP contribution in [0.5, 0.6) is 0 Å². The summed E-state index contributed by atoms with van der Waals surface area (Å²) in [5.74, 6) is -2.79. The minimum Gasteiger partial charge on any atom is -0.449 e. The van der Waals surface area contributed by atoms with Gasteiger partial charge in [0.1, 0.15) is 5.84 Å². The minimum absolute atomic E-state index is 0.0491. The fourth-order valence-corrected chi connectivity index (χ4v) is 1.75. The van der Waals surface area contributed by atoms with E-state index in [0.717, 1.165) is 11.1 Å². The zero-order chi connectivity index (χ0) is 18.9. The van der Waals surface area contributed by atoms with Crippen LogP contribution in [-0.2, 0) is 20.9 Å². The SMILES string of the molecule is C=CN=C(CN(Cc1ccccc1)C(=O)C(=O)OCC(F)(F)F)N=C. The second-order valence-corrected chi connectivity index (χ2v) is 4.72. The summed E-state index contributed by atoms with van der Waals surface area (Å²) in [5.41, 5.74) is 0.654. The van der Waals surface area contributed by atoms with Gasteiger partial charge in [-0.15, -0.1) is 0 Å². The standard InChI is InChI=1S/C16H16F3N3O3/c1-3-21-13(20-2)10-22(9-12-7-5-4-6-8-12)14(23)15(24)25-11-16(17,18)19/h3-8H,1-2,9-11H2. The van der Waals surface area contributed by atoms with Gasteiger partial charge in [-0.05, 0) is 12.3 Å². The third-order valence-corrected chi connectivity index (χ3v) is 2.80. The predicted octanol–water partition coefficient (Wildman–Crippen LogP) is 2.36. The maximum Gasteiger partial charge on any atom is 0.422 e. The number of hydrogen-bond donors (Lipinski definition) is 0. The van der Waals surface area contributed by atoms with Crippen molar-refractivity contribution in [3.05, 3.63) is 48.7 Å². The monoisotopic (exact) mass is 355 g/mol. The number of esters is 1. The number of carbonyl (C=O) groups excluding carboxylic acids is 2. The smallest absolute Gasteiger partial charge is 0.422 e. The van der Waals surface area contributed by atoms with Crippen LogP contribution >= 0.6 is 0 Å². The molecule has 0 aliphatic carbocycles. The Bertz CT molecular complexity index is 658. The first-order valence-electron chi connectivity index (χ1n) is 6.98. The molecule has 0 aromatic heterocycles. The largest absolute Gasteiger partial charge is 0.449 e. The highest BCUT2D eigenvalue weighted by atomic mass is 19.4. The molecule has 1 aromatic carbocycles. The van der Waals surface area contributed by atoms with E-state index in [4.69, 9.17) is 0 Å². The number of nitrogens with zero attached hydrogens (tertiary/aromatic N) is 3. The Hall–Kier alpha value is -2.97. The molecule has 134 valence electrons. The summed E-state index contributed by atoms with van der Waals surface area (Å²) < 4.78 is 40.4. The zero-order valence-corrected chi connectivity index (χ0v) is 13.2. The lowest BCUT2D eigenvalue weighted by Crippen LogP contribution is -2.41. The Balaban J connectivity index is 2.93. The number of halogens is 3. The Kier molecular flexibility index (Phi) is 7.51. The number of ether oxygens (including phenoxy) is 1. The van der Waals surface area contributed by atoms with Gasteiger partial charge >= 0.3 is 18.1 Å². The van der Waals surface area contributed by atoms with Crippen molar-refractivity contribution in [1.82, 2.24) is 4.90 Å². The molecule has 0 saturated carbocycles. The van der Waals surface area contributed by atoms with E-state index in [1.165, 1.54) is 0 Å². The highest BCUT2D eigenvalue weighted by Crippen LogP contribution is 2.15. The van der Waals surface area contributed by atoms with Gasteiger partial charge in [0.2, 0.25) is 0 Å². The number of alkyl halides is 3. The van der Waals surface area contributed by atoms with Crippen LogP contribution in [0.1, 0.15) is 5.56 Å². The molecule has 0 spiro atoms. The molecule has 0 fully saturated rings. The molecule has 0 atom stereocenters. The lowest BCUT2D eigenvalue weighted by molar-refractivity contribution is -0.189. The lowest BCUT2D eigenvalue weighted by Gasteiger charge is -2.21. The van der Waals surface area contributed by atoms with E-state index in [0.29, 0.717) is 5.56 Å². The van der Waals surface area contributed by atoms with Crippen molar-refractivity contribution in [3.8, 4) is 0 Å². The Morgan fingerprint density at radius 2 is 1.88 bits per heavy atom. The first-order chi connectivity index (χ1) is 11.8. The lowest BCUT2D eigenvalue weighted by atomic mass is 10.2. The fraction of sp³-hybridized carbons (Fsp3) is 0.250. The maximum atomic E-state index is 12.2. The van der Waals surface area contributed by atoms with Crippen molar-refractivity contribution < 1.29 is 27.5 Å². The first-order valence-corrected chi connectivity index (χ1v) is 6.98. The van der Waals surface area contributed by atoms with E-state index < -0.39 is 24.7 Å². The van der Waals surface area contributed by atoms with Gasteiger partial charge in [0, 0.05) is 12.7 Å². The molecule has 0 saturated heterocycles. The highest BCUT2D eigenvalue weighted by molar-refractivity contribution is 6.32. The van der Waals surface area contributed by atoms with Gasteiger partial charge in [0.05, 0.1) is 6.54 Å². The average molecular weight is 355 g/mol. The zero-order valence-electron chi connectivity index (χ0n) is 13.2. The van der Waals surface area contributed by atoms with E-state index in [9.17, 15) is 22.8 Å². The second kappa shape index (κ2) is 9.36. The molecule has 1 aromatic rings. The van der Waals surface area contributed by atoms with Crippen molar-refractivity contribution in [3.63, 3.8) is 0 Å². The molecule has 1 rings (SSSR count). The van der Waals surface area contributed by atoms with E-state index >= 15 is 0 Å². The van der Waals surface area contributed by atoms with Gasteiger partial charge in [-0.2, -0.15) is 13.2 Å². The number of aliphatic imine (C=N–C) groups is 2. The van der Waals surface area contributed by atoms with Crippen molar-refractivity contribution in [2.45, 2.75) is 12.7 Å². The Morgan fingerprint density at radius 1 is 1.24 bits per heavy atom. The van der Waals surface area contributed by atoms with Crippen LogP contribution < -0.4 is 0 Å². The summed E-state index contributed by atoms with van der Waals surface area (Å²) in [7, 11) is 0. The van der Waals surface area contributed by atoms with Crippen LogP contribution in [0.4, 0.5) is 13.2 Å². The quantitative estimate of drug-likeness (QED) is 0.340. The third kappa shape index (κ3) is 7.42. The summed E-state index contributed by atoms with van der Waals surface area (Å²) in [6.07, 6.45) is -3.56. The van der Waals surface area contributed by atoms with Crippen molar-refractivity contribution >= 4 is 24.4 Å². The molecule has 0 N–H and O–H groups in total. The molecular weight excluding hydrogens is 339 g/mol. The van der Waals surface area contributed by atoms with Gasteiger partial charge in [0.25, 0.3) is 0 Å². The van der Waals surface area contributed by atoms with Crippen LogP contribution in [0.3, 0.4) is 0 Å². The van der Waals surface area contributed by atoms with Crippen molar-refractivity contribution in [1.29, 1.82) is 0 Å². The summed E-state index contributed by atoms with van der Waals surface area (Å²) in [4.78, 5) is 32.1. The third-order valence-electron chi connectivity index (χ3n) is 2.80. The van der Waals surface area contributed by atoms with E-state index in [1.54, 1.807) is 30.3 Å². The van der Waals surface area contributed by atoms with Crippen molar-refractivity contribution in [2.24, 2.45) is 9.98 Å². The number of hydrogen-bond acceptors (Lipinski definition) is 4. The molecule has 0 radical (unpaired) electrons. The summed E-state index contributed by atoms with van der Waals surface area (Å²) in [6.45, 7) is 4.52. The molecular formula is C16H16F3N3O3. The molecule has 25 heavy (non-hydrogen) atoms. The van der Waals surface area contributed by atoms with Crippen LogP contribution in [0.25, 0.3) is 0 Å². The number of benzene rings is 1. The molecule has 6 nitrogen and oxygen atoms in total. The summed E-state index contributed by atoms with van der Waals surface area (Å²) in [5, 5.41) is 0. The first kappa shape index (κ1) is 20.1. The minimum atomic E-state index is -4.72. The molecule has 0 aliphatic heterocycles. The van der Waals surface area contributed by atoms with E-state index in [2.05, 4.69) is 28.0 Å². The number of rotatable bonds is 6. The predicted molar refractivity (Wildman–Crippen MR) is 86.1 cm³/mol. The topological polar surface area (TPSA) is 71.3 Å². The van der Waals surface area contributed by atoms with Gasteiger partial charge < -0.3 is 9.64 Å². The molecule has 0 unspecified atom stereocenters. The van der Waals surface area contributed by atoms with Crippen LogP contribution in [0.15, 0.2) is 53.1 Å². The average Bonchev–Trinajstić information content (AvgIpc) is 2.58. The van der Waals surface area contributed by atoms with Gasteiger partial charge in [-0.3, -0.25) is 4.79 Å². The number of carbonyl (C=O) groups is 2. The Labute approximate surface area is 142 Å². The van der Waals surface area contributed by atoms with E-state index in [-0.39, 0.29) is 18.9 Å². The molecule has 0 bridgehead atoms. The van der Waals surface area contributed by atoms with E-state index in [1.807, 2.05) is 0 Å². The highest BCUT2D eigenvalue weighted by Gasteiger charge is 2.32. The second-order valence-electron chi connectivity index (χ2n) is 4.72. The maximum absolute atomic E-state index is 12.2.